The molecule has 0 aliphatic heterocycles. The molecular weight excluding hydrogens is 449 g/mol. The zero-order chi connectivity index (χ0) is 23.3. The molecule has 31 heavy (non-hydrogen) atoms. The fraction of sp³-hybridized carbons (Fsp3) is 0.263. The lowest BCUT2D eigenvalue weighted by Gasteiger charge is -2.11. The molecule has 0 aromatic heterocycles. The summed E-state index contributed by atoms with van der Waals surface area (Å²) in [5, 5.41) is 6.30. The number of halogens is 2. The molecule has 0 bridgehead atoms. The minimum atomic E-state index is -3.62. The van der Waals surface area contributed by atoms with Gasteiger partial charge in [-0.3, -0.25) is 14.2 Å². The van der Waals surface area contributed by atoms with Crippen LogP contribution >= 0.6 is 11.6 Å². The molecule has 0 atom stereocenters. The van der Waals surface area contributed by atoms with Crippen molar-refractivity contribution >= 4 is 39.2 Å². The second-order valence-corrected chi connectivity index (χ2v) is 8.16. The molecule has 2 aromatic rings. The number of nitrogens with two attached hydrogens (primary N) is 2. The van der Waals surface area contributed by atoms with Gasteiger partial charge in [-0.15, -0.1) is 0 Å². The largest absolute Gasteiger partial charge is 0.391 e. The van der Waals surface area contributed by atoms with E-state index in [0.29, 0.717) is 21.8 Å². The van der Waals surface area contributed by atoms with Crippen molar-refractivity contribution in [2.75, 3.05) is 17.9 Å². The number of oxime groups is 1. The number of sulfonamides is 1. The highest BCUT2D eigenvalue weighted by Gasteiger charge is 2.14. The number of hydrogen-bond donors (Lipinski definition) is 4. The first kappa shape index (κ1) is 26.0. The summed E-state index contributed by atoms with van der Waals surface area (Å²) in [6, 6.07) is 13.4. The van der Waals surface area contributed by atoms with Crippen LogP contribution < -0.4 is 21.5 Å². The number of amides is 1. The smallest absolute Gasteiger partial charge is 0.269 e. The Hall–Kier alpha value is -3.05. The zero-order valence-corrected chi connectivity index (χ0v) is 17.4. The van der Waals surface area contributed by atoms with Crippen molar-refractivity contribution in [2.45, 2.75) is 19.6 Å². The molecule has 0 saturated carbocycles. The number of carbonyl (C=O) groups excluding carboxylic acids is 1. The third-order valence-corrected chi connectivity index (χ3v) is 5.18. The average Bonchev–Trinajstić information content (AvgIpc) is 2.71. The van der Waals surface area contributed by atoms with Gasteiger partial charge in [-0.05, 0) is 34.5 Å². The quantitative estimate of drug-likeness (QED) is 0.176. The van der Waals surface area contributed by atoms with Crippen LogP contribution in [0.4, 0.5) is 10.4 Å². The molecule has 0 fully saturated rings. The van der Waals surface area contributed by atoms with E-state index in [0.717, 1.165) is 0 Å². The van der Waals surface area contributed by atoms with Crippen LogP contribution in [0.15, 0.2) is 53.7 Å². The maximum absolute atomic E-state index is 12.4. The molecule has 0 spiro atoms. The SMILES string of the molecule is C.NC(N)=NOCCNC(=O)Cc1cc(NS(=O)(=O)Cc2ccccc2)ccc1Cl.[3H]F.[HH].[HH].[HH]. The van der Waals surface area contributed by atoms with Gasteiger partial charge in [0.2, 0.25) is 21.9 Å². The summed E-state index contributed by atoms with van der Waals surface area (Å²) >= 11 is 6.13. The van der Waals surface area contributed by atoms with Crippen LogP contribution in [0.5, 0.6) is 0 Å². The first-order chi connectivity index (χ1) is 14.7. The van der Waals surface area contributed by atoms with E-state index in [1.54, 1.807) is 24.3 Å². The fourth-order valence-corrected chi connectivity index (χ4v) is 3.75. The predicted molar refractivity (Wildman–Crippen MR) is 128 cm³/mol. The number of benzene rings is 2. The van der Waals surface area contributed by atoms with E-state index in [9.17, 15) is 13.2 Å². The molecule has 2 rings (SSSR count). The Morgan fingerprint density at radius 1 is 1.23 bits per heavy atom. The van der Waals surface area contributed by atoms with E-state index in [1.807, 2.05) is 6.07 Å². The summed E-state index contributed by atoms with van der Waals surface area (Å²) in [6.07, 6.45) is -0.0324. The van der Waals surface area contributed by atoms with Crippen LogP contribution in [-0.2, 0) is 31.8 Å². The fourth-order valence-electron chi connectivity index (χ4n) is 2.37. The van der Waals surface area contributed by atoms with Gasteiger partial charge in [-0.25, -0.2) is 8.42 Å². The third kappa shape index (κ3) is 10.5. The number of carbonyl (C=O) groups is 1. The van der Waals surface area contributed by atoms with Crippen molar-refractivity contribution in [3.8, 4) is 0 Å². The Kier molecular flexibility index (Phi) is 11.1. The monoisotopic (exact) mass is 483 g/mol. The maximum Gasteiger partial charge on any atom is 0.269 e. The molecule has 9 nitrogen and oxygen atoms in total. The van der Waals surface area contributed by atoms with Gasteiger partial charge in [0, 0.05) is 15.0 Å². The summed E-state index contributed by atoms with van der Waals surface area (Å²) < 4.78 is 40.2. The summed E-state index contributed by atoms with van der Waals surface area (Å²) in [6.45, 7) is 0.285. The van der Waals surface area contributed by atoms with Gasteiger partial charge in [0.25, 0.3) is 1.45 Å². The highest BCUT2D eigenvalue weighted by molar-refractivity contribution is 7.91. The summed E-state index contributed by atoms with van der Waals surface area (Å²) in [5.41, 5.74) is 11.7. The first-order valence-corrected chi connectivity index (χ1v) is 10.6. The highest BCUT2D eigenvalue weighted by atomic mass is 35.5. The third-order valence-electron chi connectivity index (χ3n) is 3.56. The number of nitrogens with zero attached hydrogens (tertiary/aromatic N) is 1. The second-order valence-electron chi connectivity index (χ2n) is 6.03. The molecule has 1 amide bonds. The molecule has 0 radical (unpaired) electrons. The van der Waals surface area contributed by atoms with E-state index in [2.05, 4.69) is 16.6 Å². The van der Waals surface area contributed by atoms with E-state index < -0.39 is 10.0 Å². The van der Waals surface area contributed by atoms with Crippen LogP contribution in [0.1, 0.15) is 22.8 Å². The number of rotatable bonds is 10. The Labute approximate surface area is 192 Å². The number of hydrogen-bond acceptors (Lipinski definition) is 5. The number of anilines is 1. The van der Waals surface area contributed by atoms with E-state index in [-0.39, 0.29) is 48.9 Å². The molecular formula is C19H33ClFN5O4S. The molecule has 0 unspecified atom stereocenters. The average molecular weight is 484 g/mol. The minimum absolute atomic E-state index is 0. The van der Waals surface area contributed by atoms with Gasteiger partial charge in [0.15, 0.2) is 0 Å². The standard InChI is InChI=1S/C18H22ClN5O4S.CH4.FH.3H2/c19-16-7-6-15(24-29(26,27)12-13-4-2-1-3-5-13)10-14(16)11-17(25)22-8-9-28-23-18(20)21;;;;;/h1-7,10,24H,8-9,11-12H2,(H,22,25)(H4,20,21,23);1H4;4*1H/i/hT. The molecule has 0 saturated heterocycles. The van der Waals surface area contributed by atoms with Gasteiger partial charge in [0.1, 0.15) is 6.61 Å². The normalized spacial score (nSPS) is 10.3. The second kappa shape index (κ2) is 13.3. The Morgan fingerprint density at radius 3 is 2.55 bits per heavy atom. The topological polar surface area (TPSA) is 149 Å². The van der Waals surface area contributed by atoms with Crippen molar-refractivity contribution in [1.29, 1.82) is 1.45 Å². The molecule has 0 aliphatic carbocycles. The van der Waals surface area contributed by atoms with Gasteiger partial charge >= 0.3 is 0 Å². The lowest BCUT2D eigenvalue weighted by Crippen LogP contribution is -2.29. The van der Waals surface area contributed by atoms with Gasteiger partial charge < -0.3 is 21.6 Å². The van der Waals surface area contributed by atoms with E-state index >= 15 is 0 Å². The maximum atomic E-state index is 12.4. The minimum Gasteiger partial charge on any atom is -0.391 e. The van der Waals surface area contributed by atoms with Crippen LogP contribution in [0.3, 0.4) is 0 Å². The number of guanidine groups is 1. The number of nitrogens with one attached hydrogen (secondary N) is 2. The lowest BCUT2D eigenvalue weighted by molar-refractivity contribution is -0.120. The van der Waals surface area contributed by atoms with Crippen LogP contribution in [0.2, 0.25) is 5.02 Å². The molecule has 12 heteroatoms. The van der Waals surface area contributed by atoms with Gasteiger partial charge in [0.05, 0.1) is 18.7 Å². The Balaban J connectivity index is -0.000000780. The summed E-state index contributed by atoms with van der Waals surface area (Å²) in [7, 11) is -3.62. The van der Waals surface area contributed by atoms with Crippen molar-refractivity contribution < 1.29 is 27.0 Å². The van der Waals surface area contributed by atoms with Crippen molar-refractivity contribution in [3.05, 3.63) is 64.7 Å². The van der Waals surface area contributed by atoms with Crippen LogP contribution in [0.25, 0.3) is 0 Å². The molecule has 2 aromatic carbocycles. The highest BCUT2D eigenvalue weighted by Crippen LogP contribution is 2.22. The molecule has 0 aliphatic rings. The zero-order valence-electron chi connectivity index (χ0n) is 16.8. The Bertz CT molecular complexity index is 988. The van der Waals surface area contributed by atoms with E-state index in [1.165, 1.54) is 18.2 Å². The van der Waals surface area contributed by atoms with Crippen molar-refractivity contribution in [2.24, 2.45) is 16.6 Å². The van der Waals surface area contributed by atoms with Crippen molar-refractivity contribution in [3.63, 3.8) is 0 Å². The van der Waals surface area contributed by atoms with Crippen molar-refractivity contribution in [1.82, 2.24) is 5.32 Å². The Morgan fingerprint density at radius 2 is 1.90 bits per heavy atom. The van der Waals surface area contributed by atoms with Crippen LogP contribution in [-0.4, -0.2) is 34.9 Å². The molecule has 6 N–H and O–H groups in total. The molecule has 0 heterocycles. The summed E-state index contributed by atoms with van der Waals surface area (Å²) in [4.78, 5) is 16.8. The van der Waals surface area contributed by atoms with Gasteiger partial charge in [-0.1, -0.05) is 49.4 Å². The molecule has 178 valence electrons. The summed E-state index contributed by atoms with van der Waals surface area (Å²) in [5.74, 6) is -0.693. The lowest BCUT2D eigenvalue weighted by atomic mass is 10.1. The van der Waals surface area contributed by atoms with Gasteiger partial charge in [-0.2, -0.15) is 0 Å². The predicted octanol–water partition coefficient (Wildman–Crippen LogP) is 2.67. The van der Waals surface area contributed by atoms with Crippen LogP contribution in [0, 0.1) is 0 Å². The van der Waals surface area contributed by atoms with E-state index in [4.69, 9.17) is 32.6 Å². The first-order valence-electron chi connectivity index (χ1n) is 8.93.